The van der Waals surface area contributed by atoms with Gasteiger partial charge in [-0.1, -0.05) is 23.3 Å². The second-order valence-electron chi connectivity index (χ2n) is 4.46. The maximum atomic E-state index is 12.2. The Balaban J connectivity index is 2.15. The number of halogens is 1. The Hall–Kier alpha value is -1.41. The minimum absolute atomic E-state index is 0.0638. The van der Waals surface area contributed by atoms with Gasteiger partial charge in [-0.05, 0) is 24.6 Å². The minimum Gasteiger partial charge on any atom is -0.478 e. The molecular formula is C13H14ClNO5S. The average Bonchev–Trinajstić information content (AvgIpc) is 2.46. The van der Waals surface area contributed by atoms with Crippen molar-refractivity contribution in [3.05, 3.63) is 40.4 Å². The van der Waals surface area contributed by atoms with Crippen LogP contribution in [0.1, 0.15) is 16.8 Å². The average molecular weight is 332 g/mol. The number of rotatable bonds is 5. The molecule has 114 valence electrons. The van der Waals surface area contributed by atoms with E-state index in [1.807, 2.05) is 6.08 Å². The Morgan fingerprint density at radius 3 is 2.76 bits per heavy atom. The van der Waals surface area contributed by atoms with Crippen LogP contribution >= 0.6 is 11.6 Å². The lowest BCUT2D eigenvalue weighted by molar-refractivity contribution is 0.0696. The van der Waals surface area contributed by atoms with Gasteiger partial charge < -0.3 is 9.84 Å². The van der Waals surface area contributed by atoms with Crippen LogP contribution in [0.25, 0.3) is 0 Å². The van der Waals surface area contributed by atoms with Crippen LogP contribution < -0.4 is 4.72 Å². The summed E-state index contributed by atoms with van der Waals surface area (Å²) in [5, 5.41) is 8.71. The molecule has 0 amide bonds. The highest BCUT2D eigenvalue weighted by Gasteiger charge is 2.19. The molecule has 0 aromatic heterocycles. The quantitative estimate of drug-likeness (QED) is 0.800. The molecular weight excluding hydrogens is 318 g/mol. The first-order chi connectivity index (χ1) is 9.90. The van der Waals surface area contributed by atoms with Crippen LogP contribution in [0.4, 0.5) is 0 Å². The first kappa shape index (κ1) is 16.0. The predicted molar refractivity (Wildman–Crippen MR) is 77.1 cm³/mol. The molecule has 1 aromatic rings. The van der Waals surface area contributed by atoms with Gasteiger partial charge in [-0.25, -0.2) is 17.9 Å². The molecule has 1 aliphatic rings. The van der Waals surface area contributed by atoms with E-state index in [1.54, 1.807) is 0 Å². The van der Waals surface area contributed by atoms with Crippen LogP contribution in [0, 0.1) is 0 Å². The lowest BCUT2D eigenvalue weighted by Gasteiger charge is -2.14. The molecule has 0 bridgehead atoms. The predicted octanol–water partition coefficient (Wildman–Crippen LogP) is 1.66. The van der Waals surface area contributed by atoms with Crippen LogP contribution in [0.5, 0.6) is 0 Å². The number of carboxylic acid groups (broad SMARTS) is 1. The molecule has 0 saturated heterocycles. The molecule has 2 rings (SSSR count). The number of carboxylic acids is 1. The van der Waals surface area contributed by atoms with Crippen LogP contribution in [0.3, 0.4) is 0 Å². The van der Waals surface area contributed by atoms with Crippen molar-refractivity contribution in [2.24, 2.45) is 0 Å². The number of aromatic carboxylic acids is 1. The lowest BCUT2D eigenvalue weighted by atomic mass is 10.1. The summed E-state index contributed by atoms with van der Waals surface area (Å²) in [5.74, 6) is -1.17. The van der Waals surface area contributed by atoms with Crippen molar-refractivity contribution >= 4 is 27.6 Å². The molecule has 21 heavy (non-hydrogen) atoms. The molecule has 0 unspecified atom stereocenters. The molecule has 0 atom stereocenters. The fourth-order valence-electron chi connectivity index (χ4n) is 1.84. The molecule has 2 N–H and O–H groups in total. The largest absolute Gasteiger partial charge is 0.478 e. The van der Waals surface area contributed by atoms with Gasteiger partial charge >= 0.3 is 5.97 Å². The summed E-state index contributed by atoms with van der Waals surface area (Å²) in [4.78, 5) is 10.7. The number of ether oxygens (including phenoxy) is 1. The molecule has 1 heterocycles. The molecule has 0 aliphatic carbocycles. The van der Waals surface area contributed by atoms with E-state index in [0.717, 1.165) is 11.6 Å². The third kappa shape index (κ3) is 4.04. The number of hydrogen-bond donors (Lipinski definition) is 2. The zero-order valence-electron chi connectivity index (χ0n) is 11.0. The second-order valence-corrected chi connectivity index (χ2v) is 6.60. The van der Waals surface area contributed by atoms with E-state index in [4.69, 9.17) is 21.4 Å². The zero-order chi connectivity index (χ0) is 15.5. The maximum absolute atomic E-state index is 12.2. The van der Waals surface area contributed by atoms with Crippen molar-refractivity contribution in [1.82, 2.24) is 4.72 Å². The SMILES string of the molecule is O=C(O)c1ccc(S(=O)(=O)NCC2=CCOCC2)c(Cl)c1. The van der Waals surface area contributed by atoms with Crippen molar-refractivity contribution in [2.75, 3.05) is 19.8 Å². The van der Waals surface area contributed by atoms with Crippen molar-refractivity contribution in [1.29, 1.82) is 0 Å². The van der Waals surface area contributed by atoms with Crippen LogP contribution in [0.15, 0.2) is 34.7 Å². The molecule has 8 heteroatoms. The van der Waals surface area contributed by atoms with Gasteiger partial charge in [0.15, 0.2) is 0 Å². The van der Waals surface area contributed by atoms with E-state index in [9.17, 15) is 13.2 Å². The topological polar surface area (TPSA) is 92.7 Å². The molecule has 6 nitrogen and oxygen atoms in total. The minimum atomic E-state index is -3.79. The fourth-order valence-corrected chi connectivity index (χ4v) is 3.42. The number of benzene rings is 1. The van der Waals surface area contributed by atoms with Gasteiger partial charge in [-0.2, -0.15) is 0 Å². The Bertz CT molecular complexity index is 684. The highest BCUT2D eigenvalue weighted by atomic mass is 35.5. The van der Waals surface area contributed by atoms with Gasteiger partial charge in [-0.3, -0.25) is 0 Å². The standard InChI is InChI=1S/C13H14ClNO5S/c14-11-7-10(13(16)17)1-2-12(11)21(18,19)15-8-9-3-5-20-6-4-9/h1-3,7,15H,4-6,8H2,(H,16,17). The summed E-state index contributed by atoms with van der Waals surface area (Å²) in [7, 11) is -3.79. The Morgan fingerprint density at radius 1 is 1.43 bits per heavy atom. The number of sulfonamides is 1. The van der Waals surface area contributed by atoms with E-state index >= 15 is 0 Å². The van der Waals surface area contributed by atoms with Crippen molar-refractivity contribution in [2.45, 2.75) is 11.3 Å². The van der Waals surface area contributed by atoms with E-state index in [2.05, 4.69) is 4.72 Å². The summed E-state index contributed by atoms with van der Waals surface area (Å²) in [6.07, 6.45) is 2.51. The monoisotopic (exact) mass is 331 g/mol. The zero-order valence-corrected chi connectivity index (χ0v) is 12.6. The van der Waals surface area contributed by atoms with Gasteiger partial charge in [0.2, 0.25) is 10.0 Å². The normalized spacial score (nSPS) is 15.6. The molecule has 0 fully saturated rings. The van der Waals surface area contributed by atoms with Crippen molar-refractivity contribution in [3.8, 4) is 0 Å². The van der Waals surface area contributed by atoms with Crippen LogP contribution in [-0.4, -0.2) is 39.3 Å². The fraction of sp³-hybridized carbons (Fsp3) is 0.308. The number of carbonyl (C=O) groups is 1. The summed E-state index contributed by atoms with van der Waals surface area (Å²) in [5.41, 5.74) is 0.884. The molecule has 1 aromatic carbocycles. The molecule has 0 radical (unpaired) electrons. The summed E-state index contributed by atoms with van der Waals surface area (Å²) in [6.45, 7) is 1.23. The Kier molecular flexibility index (Phi) is 5.00. The number of hydrogen-bond acceptors (Lipinski definition) is 4. The van der Waals surface area contributed by atoms with Gasteiger partial charge in [0, 0.05) is 6.54 Å². The highest BCUT2D eigenvalue weighted by molar-refractivity contribution is 7.89. The van der Waals surface area contributed by atoms with E-state index in [0.29, 0.717) is 19.6 Å². The summed E-state index contributed by atoms with van der Waals surface area (Å²) < 4.78 is 31.9. The van der Waals surface area contributed by atoms with Gasteiger partial charge in [-0.15, -0.1) is 0 Å². The van der Waals surface area contributed by atoms with E-state index in [1.165, 1.54) is 12.1 Å². The van der Waals surface area contributed by atoms with E-state index in [-0.39, 0.29) is 22.0 Å². The van der Waals surface area contributed by atoms with Crippen molar-refractivity contribution < 1.29 is 23.1 Å². The molecule has 1 aliphatic heterocycles. The van der Waals surface area contributed by atoms with Crippen LogP contribution in [0.2, 0.25) is 5.02 Å². The Labute approximate surface area is 127 Å². The first-order valence-corrected chi connectivity index (χ1v) is 8.04. The summed E-state index contributed by atoms with van der Waals surface area (Å²) in [6, 6.07) is 3.51. The van der Waals surface area contributed by atoms with Crippen LogP contribution in [-0.2, 0) is 14.8 Å². The summed E-state index contributed by atoms with van der Waals surface area (Å²) >= 11 is 5.86. The van der Waals surface area contributed by atoms with Crippen molar-refractivity contribution in [3.63, 3.8) is 0 Å². The Morgan fingerprint density at radius 2 is 2.19 bits per heavy atom. The third-order valence-corrected chi connectivity index (χ3v) is 4.90. The second kappa shape index (κ2) is 6.57. The third-order valence-electron chi connectivity index (χ3n) is 3.01. The van der Waals surface area contributed by atoms with Gasteiger partial charge in [0.1, 0.15) is 4.90 Å². The maximum Gasteiger partial charge on any atom is 0.335 e. The lowest BCUT2D eigenvalue weighted by Crippen LogP contribution is -2.27. The van der Waals surface area contributed by atoms with E-state index < -0.39 is 16.0 Å². The molecule has 0 spiro atoms. The van der Waals surface area contributed by atoms with Gasteiger partial charge in [0.25, 0.3) is 0 Å². The molecule has 0 saturated carbocycles. The first-order valence-electron chi connectivity index (χ1n) is 6.18. The highest BCUT2D eigenvalue weighted by Crippen LogP contribution is 2.23. The smallest absolute Gasteiger partial charge is 0.335 e. The van der Waals surface area contributed by atoms with Gasteiger partial charge in [0.05, 0.1) is 23.8 Å². The number of nitrogens with one attached hydrogen (secondary N) is 1.